The molecule has 2 heterocycles. The molecule has 0 radical (unpaired) electrons. The lowest BCUT2D eigenvalue weighted by atomic mass is 10.1. The smallest absolute Gasteiger partial charge is 0.155 e. The zero-order valence-corrected chi connectivity index (χ0v) is 13.7. The molecule has 0 aliphatic heterocycles. The molecule has 0 aliphatic rings. The maximum Gasteiger partial charge on any atom is 0.155 e. The van der Waals surface area contributed by atoms with Gasteiger partial charge in [0.05, 0.1) is 16.9 Å². The Morgan fingerprint density at radius 1 is 1.19 bits per heavy atom. The van der Waals surface area contributed by atoms with Crippen LogP contribution in [-0.4, -0.2) is 19.1 Å². The Labute approximate surface area is 133 Å². The molecule has 5 heteroatoms. The molecule has 0 unspecified atom stereocenters. The van der Waals surface area contributed by atoms with Crippen LogP contribution in [0.5, 0.6) is 0 Å². The maximum absolute atomic E-state index is 6.59. The number of imidazole rings is 1. The number of hydrogen-bond acceptors (Lipinski definition) is 3. The Morgan fingerprint density at radius 3 is 2.76 bits per heavy atom. The molecule has 3 aromatic rings. The molecule has 21 heavy (non-hydrogen) atoms. The second-order valence-corrected chi connectivity index (χ2v) is 8.04. The monoisotopic (exact) mass is 317 g/mol. The number of fused-ring (bicyclic) bond motifs is 1. The average molecular weight is 318 g/mol. The van der Waals surface area contributed by atoms with E-state index in [1.54, 1.807) is 24.2 Å². The molecule has 3 nitrogen and oxygen atoms in total. The van der Waals surface area contributed by atoms with Crippen molar-refractivity contribution in [2.45, 2.75) is 30.4 Å². The van der Waals surface area contributed by atoms with Crippen LogP contribution in [0.3, 0.4) is 0 Å². The highest BCUT2D eigenvalue weighted by atomic mass is 35.5. The highest BCUT2D eigenvalue weighted by molar-refractivity contribution is 8.00. The molecule has 0 aliphatic carbocycles. The minimum atomic E-state index is 0.115. The van der Waals surface area contributed by atoms with Crippen LogP contribution < -0.4 is 0 Å². The van der Waals surface area contributed by atoms with Crippen molar-refractivity contribution in [3.8, 4) is 11.3 Å². The van der Waals surface area contributed by atoms with Crippen molar-refractivity contribution in [3.63, 3.8) is 0 Å². The van der Waals surface area contributed by atoms with E-state index >= 15 is 0 Å². The van der Waals surface area contributed by atoms with E-state index in [-0.39, 0.29) is 4.75 Å². The van der Waals surface area contributed by atoms with E-state index in [4.69, 9.17) is 11.6 Å². The lowest BCUT2D eigenvalue weighted by molar-refractivity contribution is 0.803. The summed E-state index contributed by atoms with van der Waals surface area (Å²) in [6.07, 6.45) is 7.38. The zero-order chi connectivity index (χ0) is 15.0. The number of aromatic nitrogens is 3. The van der Waals surface area contributed by atoms with Gasteiger partial charge in [0.25, 0.3) is 0 Å². The van der Waals surface area contributed by atoms with Gasteiger partial charge in [0.1, 0.15) is 0 Å². The molecule has 0 spiro atoms. The number of benzene rings is 1. The lowest BCUT2D eigenvalue weighted by Gasteiger charge is -2.19. The number of hydrogen-bond donors (Lipinski definition) is 0. The van der Waals surface area contributed by atoms with Gasteiger partial charge in [-0.3, -0.25) is 4.98 Å². The van der Waals surface area contributed by atoms with Crippen LogP contribution in [0, 0.1) is 0 Å². The van der Waals surface area contributed by atoms with Gasteiger partial charge < -0.3 is 4.40 Å². The molecule has 3 rings (SSSR count). The predicted octanol–water partition coefficient (Wildman–Crippen LogP) is 4.94. The highest BCUT2D eigenvalue weighted by Gasteiger charge is 2.17. The van der Waals surface area contributed by atoms with Crippen molar-refractivity contribution in [2.75, 3.05) is 0 Å². The quantitative estimate of drug-likeness (QED) is 0.627. The van der Waals surface area contributed by atoms with Crippen LogP contribution in [0.25, 0.3) is 16.9 Å². The molecule has 108 valence electrons. The van der Waals surface area contributed by atoms with Gasteiger partial charge in [0.2, 0.25) is 0 Å². The summed E-state index contributed by atoms with van der Waals surface area (Å²) in [5.41, 5.74) is 2.62. The third kappa shape index (κ3) is 3.06. The van der Waals surface area contributed by atoms with Crippen molar-refractivity contribution in [3.05, 3.63) is 48.0 Å². The Hall–Kier alpha value is -1.52. The molecular weight excluding hydrogens is 302 g/mol. The Bertz CT molecular complexity index is 790. The molecule has 0 saturated carbocycles. The second-order valence-electron chi connectivity index (χ2n) is 5.80. The molecule has 0 saturated heterocycles. The first-order chi connectivity index (χ1) is 9.94. The van der Waals surface area contributed by atoms with Crippen LogP contribution in [0.15, 0.2) is 47.9 Å². The number of nitrogens with zero attached hydrogens (tertiary/aromatic N) is 3. The summed E-state index contributed by atoms with van der Waals surface area (Å²) in [6, 6.07) is 6.08. The highest BCUT2D eigenvalue weighted by Crippen LogP contribution is 2.40. The first-order valence-corrected chi connectivity index (χ1v) is 7.90. The van der Waals surface area contributed by atoms with Gasteiger partial charge in [0.15, 0.2) is 5.65 Å². The molecule has 0 atom stereocenters. The van der Waals surface area contributed by atoms with Gasteiger partial charge in [-0.25, -0.2) is 4.98 Å². The first kappa shape index (κ1) is 14.4. The summed E-state index contributed by atoms with van der Waals surface area (Å²) in [6.45, 7) is 6.53. The SMILES string of the molecule is CC(C)(C)Sc1cccc(-c2cn3ccnc3cn2)c1Cl. The summed E-state index contributed by atoms with van der Waals surface area (Å²) in [5.74, 6) is 0. The van der Waals surface area contributed by atoms with E-state index in [1.807, 2.05) is 28.9 Å². The molecule has 2 aromatic heterocycles. The van der Waals surface area contributed by atoms with Gasteiger partial charge in [-0.2, -0.15) is 0 Å². The summed E-state index contributed by atoms with van der Waals surface area (Å²) < 4.78 is 2.06. The molecule has 0 fully saturated rings. The predicted molar refractivity (Wildman–Crippen MR) is 89.0 cm³/mol. The van der Waals surface area contributed by atoms with Crippen LogP contribution in [0.4, 0.5) is 0 Å². The molecular formula is C16H16ClN3S. The summed E-state index contributed by atoms with van der Waals surface area (Å²) >= 11 is 8.35. The minimum Gasteiger partial charge on any atom is -0.304 e. The van der Waals surface area contributed by atoms with E-state index in [1.165, 1.54) is 0 Å². The standard InChI is InChI=1S/C16H16ClN3S/c1-16(2,3)21-13-6-4-5-11(15(13)17)12-10-20-8-7-18-14(20)9-19-12/h4-10H,1-3H3. The topological polar surface area (TPSA) is 30.2 Å². The Balaban J connectivity index is 2.07. The first-order valence-electron chi connectivity index (χ1n) is 6.71. The third-order valence-electron chi connectivity index (χ3n) is 2.93. The average Bonchev–Trinajstić information content (AvgIpc) is 2.87. The van der Waals surface area contributed by atoms with Gasteiger partial charge in [0, 0.05) is 33.8 Å². The van der Waals surface area contributed by atoms with Gasteiger partial charge in [-0.05, 0) is 6.07 Å². The van der Waals surface area contributed by atoms with Crippen molar-refractivity contribution in [1.29, 1.82) is 0 Å². The summed E-state index contributed by atoms with van der Waals surface area (Å²) in [4.78, 5) is 9.75. The van der Waals surface area contributed by atoms with E-state index in [0.717, 1.165) is 26.8 Å². The van der Waals surface area contributed by atoms with E-state index < -0.39 is 0 Å². The second kappa shape index (κ2) is 5.35. The summed E-state index contributed by atoms with van der Waals surface area (Å²) in [5, 5.41) is 0.754. The fourth-order valence-electron chi connectivity index (χ4n) is 2.08. The van der Waals surface area contributed by atoms with Gasteiger partial charge >= 0.3 is 0 Å². The number of thioether (sulfide) groups is 1. The van der Waals surface area contributed by atoms with E-state index in [2.05, 4.69) is 36.8 Å². The van der Waals surface area contributed by atoms with Crippen LogP contribution in [0.1, 0.15) is 20.8 Å². The minimum absolute atomic E-state index is 0.115. The molecule has 0 amide bonds. The zero-order valence-electron chi connectivity index (χ0n) is 12.2. The molecule has 0 bridgehead atoms. The van der Waals surface area contributed by atoms with Crippen LogP contribution in [0.2, 0.25) is 5.02 Å². The van der Waals surface area contributed by atoms with Crippen molar-refractivity contribution < 1.29 is 0 Å². The molecule has 1 aromatic carbocycles. The fourth-order valence-corrected chi connectivity index (χ4v) is 3.43. The van der Waals surface area contributed by atoms with Gasteiger partial charge in [-0.1, -0.05) is 44.5 Å². The number of halogens is 1. The van der Waals surface area contributed by atoms with E-state index in [9.17, 15) is 0 Å². The third-order valence-corrected chi connectivity index (χ3v) is 4.63. The van der Waals surface area contributed by atoms with Crippen molar-refractivity contribution >= 4 is 29.0 Å². The normalized spacial score (nSPS) is 12.0. The Morgan fingerprint density at radius 2 is 2.00 bits per heavy atom. The summed E-state index contributed by atoms with van der Waals surface area (Å²) in [7, 11) is 0. The van der Waals surface area contributed by atoms with E-state index in [0.29, 0.717) is 0 Å². The van der Waals surface area contributed by atoms with Crippen LogP contribution >= 0.6 is 23.4 Å². The maximum atomic E-state index is 6.59. The largest absolute Gasteiger partial charge is 0.304 e. The fraction of sp³-hybridized carbons (Fsp3) is 0.250. The lowest BCUT2D eigenvalue weighted by Crippen LogP contribution is -2.06. The van der Waals surface area contributed by atoms with Crippen LogP contribution in [-0.2, 0) is 0 Å². The van der Waals surface area contributed by atoms with Crippen molar-refractivity contribution in [2.24, 2.45) is 0 Å². The number of rotatable bonds is 2. The Kier molecular flexibility index (Phi) is 3.68. The van der Waals surface area contributed by atoms with Gasteiger partial charge in [-0.15, -0.1) is 11.8 Å². The molecule has 0 N–H and O–H groups in total. The van der Waals surface area contributed by atoms with Crippen molar-refractivity contribution in [1.82, 2.24) is 14.4 Å².